The predicted octanol–water partition coefficient (Wildman–Crippen LogP) is 4.49. The average molecular weight is 563 g/mol. The van der Waals surface area contributed by atoms with E-state index in [2.05, 4.69) is 20.9 Å². The standard InChI is InChI=1S/C29H46N4O7/c1-8-38-24(35)22(20-21-16-12-11-13-17-21)23(34)30-18-14-9-10-15-19-31-25(32-26(36)39-28(2,3)4)33-27(37)40-29(5,6)7/h11-13,16-17,22H,8-10,14-15,18-20H2,1-7H3,(H,30,34)(H2,31,32,33,36,37). The molecule has 1 atom stereocenters. The molecule has 224 valence electrons. The molecule has 0 saturated heterocycles. The molecule has 0 aliphatic rings. The number of hydrogen-bond acceptors (Lipinski definition) is 8. The number of guanidine groups is 1. The summed E-state index contributed by atoms with van der Waals surface area (Å²) in [6.45, 7) is 13.1. The van der Waals surface area contributed by atoms with Crippen molar-refractivity contribution in [2.24, 2.45) is 10.9 Å². The van der Waals surface area contributed by atoms with Crippen molar-refractivity contribution in [1.29, 1.82) is 0 Å². The van der Waals surface area contributed by atoms with Crippen LogP contribution in [-0.2, 0) is 30.2 Å². The minimum atomic E-state index is -0.898. The van der Waals surface area contributed by atoms with Gasteiger partial charge in [0.25, 0.3) is 0 Å². The lowest BCUT2D eigenvalue weighted by atomic mass is 9.98. The first-order valence-corrected chi connectivity index (χ1v) is 13.7. The van der Waals surface area contributed by atoms with E-state index < -0.39 is 35.3 Å². The number of carbonyl (C=O) groups excluding carboxylic acids is 4. The molecule has 11 nitrogen and oxygen atoms in total. The number of nitrogens with one attached hydrogen (secondary N) is 3. The highest BCUT2D eigenvalue weighted by molar-refractivity contribution is 6.01. The normalized spacial score (nSPS) is 12.0. The second kappa shape index (κ2) is 17.1. The van der Waals surface area contributed by atoms with Crippen LogP contribution in [0.4, 0.5) is 9.59 Å². The molecule has 1 unspecified atom stereocenters. The molecule has 0 spiro atoms. The maximum Gasteiger partial charge on any atom is 0.414 e. The number of esters is 1. The number of ether oxygens (including phenoxy) is 3. The summed E-state index contributed by atoms with van der Waals surface area (Å²) < 4.78 is 15.6. The summed E-state index contributed by atoms with van der Waals surface area (Å²) >= 11 is 0. The average Bonchev–Trinajstić information content (AvgIpc) is 2.82. The number of aliphatic imine (C=N–C) groups is 1. The summed E-state index contributed by atoms with van der Waals surface area (Å²) in [7, 11) is 0. The van der Waals surface area contributed by atoms with Crippen molar-refractivity contribution < 1.29 is 33.4 Å². The van der Waals surface area contributed by atoms with Gasteiger partial charge in [-0.25, -0.2) is 9.59 Å². The van der Waals surface area contributed by atoms with Crippen molar-refractivity contribution in [2.45, 2.75) is 91.8 Å². The number of rotatable bonds is 12. The van der Waals surface area contributed by atoms with Crippen LogP contribution in [-0.4, -0.2) is 60.9 Å². The van der Waals surface area contributed by atoms with E-state index in [4.69, 9.17) is 14.2 Å². The van der Waals surface area contributed by atoms with Crippen LogP contribution in [0, 0.1) is 5.92 Å². The van der Waals surface area contributed by atoms with E-state index in [1.807, 2.05) is 30.3 Å². The van der Waals surface area contributed by atoms with E-state index in [0.29, 0.717) is 19.5 Å². The highest BCUT2D eigenvalue weighted by Gasteiger charge is 2.28. The Labute approximate surface area is 237 Å². The number of benzene rings is 1. The molecular weight excluding hydrogens is 516 g/mol. The lowest BCUT2D eigenvalue weighted by Gasteiger charge is -2.22. The van der Waals surface area contributed by atoms with Gasteiger partial charge in [0.15, 0.2) is 0 Å². The van der Waals surface area contributed by atoms with Crippen LogP contribution in [0.2, 0.25) is 0 Å². The summed E-state index contributed by atoms with van der Waals surface area (Å²) in [5.41, 5.74) is -0.541. The van der Waals surface area contributed by atoms with Crippen LogP contribution in [0.15, 0.2) is 35.3 Å². The zero-order chi connectivity index (χ0) is 30.2. The van der Waals surface area contributed by atoms with Crippen molar-refractivity contribution in [3.8, 4) is 0 Å². The number of unbranched alkanes of at least 4 members (excludes halogenated alkanes) is 3. The Balaban J connectivity index is 2.52. The van der Waals surface area contributed by atoms with E-state index in [0.717, 1.165) is 24.8 Å². The van der Waals surface area contributed by atoms with Crippen LogP contribution in [0.5, 0.6) is 0 Å². The van der Waals surface area contributed by atoms with Gasteiger partial charge >= 0.3 is 18.2 Å². The first-order valence-electron chi connectivity index (χ1n) is 13.7. The molecule has 1 rings (SSSR count). The predicted molar refractivity (Wildman–Crippen MR) is 153 cm³/mol. The van der Waals surface area contributed by atoms with Gasteiger partial charge in [0.1, 0.15) is 17.1 Å². The topological polar surface area (TPSA) is 144 Å². The molecule has 0 aliphatic carbocycles. The minimum absolute atomic E-state index is 0.0563. The maximum atomic E-state index is 12.7. The van der Waals surface area contributed by atoms with Crippen LogP contribution < -0.4 is 16.0 Å². The first-order chi connectivity index (χ1) is 18.7. The number of carbonyl (C=O) groups is 4. The zero-order valence-electron chi connectivity index (χ0n) is 24.9. The molecule has 0 heterocycles. The van der Waals surface area contributed by atoms with Crippen molar-refractivity contribution in [1.82, 2.24) is 16.0 Å². The molecular formula is C29H46N4O7. The third-order valence-electron chi connectivity index (χ3n) is 5.06. The van der Waals surface area contributed by atoms with Gasteiger partial charge in [-0.15, -0.1) is 0 Å². The summed E-state index contributed by atoms with van der Waals surface area (Å²) in [6, 6.07) is 9.36. The van der Waals surface area contributed by atoms with E-state index in [1.54, 1.807) is 48.5 Å². The van der Waals surface area contributed by atoms with Gasteiger partial charge in [0.05, 0.1) is 6.61 Å². The minimum Gasteiger partial charge on any atom is -0.465 e. The summed E-state index contributed by atoms with van der Waals surface area (Å²) in [5.74, 6) is -1.83. The molecule has 1 aromatic rings. The Morgan fingerprint density at radius 3 is 1.90 bits per heavy atom. The van der Waals surface area contributed by atoms with Gasteiger partial charge in [0.2, 0.25) is 11.9 Å². The van der Waals surface area contributed by atoms with E-state index in [-0.39, 0.29) is 24.9 Å². The summed E-state index contributed by atoms with van der Waals surface area (Å²) in [4.78, 5) is 53.7. The third kappa shape index (κ3) is 16.4. The third-order valence-corrected chi connectivity index (χ3v) is 5.06. The van der Waals surface area contributed by atoms with Crippen molar-refractivity contribution in [3.05, 3.63) is 35.9 Å². The number of hydrogen-bond donors (Lipinski definition) is 3. The van der Waals surface area contributed by atoms with E-state index in [9.17, 15) is 19.2 Å². The Morgan fingerprint density at radius 1 is 0.825 bits per heavy atom. The lowest BCUT2D eigenvalue weighted by Crippen LogP contribution is -2.47. The fourth-order valence-corrected chi connectivity index (χ4v) is 3.40. The van der Waals surface area contributed by atoms with Gasteiger partial charge in [-0.1, -0.05) is 43.2 Å². The molecule has 0 fully saturated rings. The molecule has 1 aromatic carbocycles. The Kier molecular flexibility index (Phi) is 14.7. The van der Waals surface area contributed by atoms with Gasteiger partial charge < -0.3 is 19.5 Å². The smallest absolute Gasteiger partial charge is 0.414 e. The second-order valence-electron chi connectivity index (χ2n) is 11.2. The lowest BCUT2D eigenvalue weighted by molar-refractivity contribution is -0.152. The molecule has 11 heteroatoms. The molecule has 0 radical (unpaired) electrons. The Hall–Kier alpha value is -3.63. The highest BCUT2D eigenvalue weighted by Crippen LogP contribution is 2.12. The fraction of sp³-hybridized carbons (Fsp3) is 0.621. The van der Waals surface area contributed by atoms with Crippen molar-refractivity contribution in [2.75, 3.05) is 19.7 Å². The quantitative estimate of drug-likeness (QED) is 0.0850. The van der Waals surface area contributed by atoms with E-state index >= 15 is 0 Å². The molecule has 3 amide bonds. The maximum absolute atomic E-state index is 12.7. The summed E-state index contributed by atoms with van der Waals surface area (Å²) in [5, 5.41) is 7.74. The largest absolute Gasteiger partial charge is 0.465 e. The number of alkyl carbamates (subject to hydrolysis) is 2. The molecule has 0 aliphatic heterocycles. The SMILES string of the molecule is CCOC(=O)C(Cc1ccccc1)C(=O)NCCCCCCN=C(NC(=O)OC(C)(C)C)NC(=O)OC(C)(C)C. The first kappa shape index (κ1) is 34.4. The Bertz CT molecular complexity index is 950. The monoisotopic (exact) mass is 562 g/mol. The summed E-state index contributed by atoms with van der Waals surface area (Å²) in [6.07, 6.45) is 1.81. The van der Waals surface area contributed by atoms with Crippen LogP contribution in [0.3, 0.4) is 0 Å². The highest BCUT2D eigenvalue weighted by atomic mass is 16.6. The number of nitrogens with zero attached hydrogens (tertiary/aromatic N) is 1. The van der Waals surface area contributed by atoms with Crippen molar-refractivity contribution in [3.63, 3.8) is 0 Å². The molecule has 0 bridgehead atoms. The van der Waals surface area contributed by atoms with Gasteiger partial charge in [0, 0.05) is 13.1 Å². The van der Waals surface area contributed by atoms with Crippen LogP contribution in [0.1, 0.15) is 79.7 Å². The number of amides is 3. The molecule has 0 saturated carbocycles. The van der Waals surface area contributed by atoms with Crippen molar-refractivity contribution >= 4 is 30.0 Å². The van der Waals surface area contributed by atoms with Crippen LogP contribution >= 0.6 is 0 Å². The zero-order valence-corrected chi connectivity index (χ0v) is 24.9. The fourth-order valence-electron chi connectivity index (χ4n) is 3.40. The van der Waals surface area contributed by atoms with E-state index in [1.165, 1.54) is 0 Å². The van der Waals surface area contributed by atoms with Gasteiger partial charge in [-0.3, -0.25) is 25.2 Å². The Morgan fingerprint density at radius 2 is 1.38 bits per heavy atom. The molecule has 40 heavy (non-hydrogen) atoms. The second-order valence-corrected chi connectivity index (χ2v) is 11.2. The van der Waals surface area contributed by atoms with Crippen LogP contribution in [0.25, 0.3) is 0 Å². The van der Waals surface area contributed by atoms with Gasteiger partial charge in [-0.2, -0.15) is 0 Å². The molecule has 3 N–H and O–H groups in total. The molecule has 0 aromatic heterocycles. The van der Waals surface area contributed by atoms with Gasteiger partial charge in [-0.05, 0) is 73.3 Å².